The molecule has 0 bridgehead atoms. The van der Waals surface area contributed by atoms with Gasteiger partial charge in [-0.1, -0.05) is 12.1 Å². The summed E-state index contributed by atoms with van der Waals surface area (Å²) < 4.78 is 15.6. The van der Waals surface area contributed by atoms with Gasteiger partial charge in [-0.3, -0.25) is 0 Å². The second-order valence-corrected chi connectivity index (χ2v) is 3.76. The third-order valence-electron chi connectivity index (χ3n) is 1.50. The largest absolute Gasteiger partial charge is 0.512 e. The van der Waals surface area contributed by atoms with E-state index in [4.69, 9.17) is 5.73 Å². The van der Waals surface area contributed by atoms with Gasteiger partial charge < -0.3 is 5.73 Å². The van der Waals surface area contributed by atoms with Crippen LogP contribution in [0.2, 0.25) is 0 Å². The van der Waals surface area contributed by atoms with Crippen molar-refractivity contribution in [3.8, 4) is 0 Å². The molecule has 0 fully saturated rings. The number of hydrogen-bond acceptors (Lipinski definition) is 3. The summed E-state index contributed by atoms with van der Waals surface area (Å²) in [5.41, 5.74) is 7.18. The standard InChI is InChI=1S/C8H11NO2P/c1-11-12(10)6-7-2-4-8(9)5-3-7/h2-5H,6,9H2,1H3/q+1. The highest BCUT2D eigenvalue weighted by Crippen LogP contribution is 2.26. The zero-order valence-corrected chi connectivity index (χ0v) is 7.75. The third kappa shape index (κ3) is 2.61. The molecule has 1 atom stereocenters. The molecule has 0 saturated carbocycles. The van der Waals surface area contributed by atoms with Crippen LogP contribution in [0, 0.1) is 0 Å². The monoisotopic (exact) mass is 184 g/mol. The highest BCUT2D eigenvalue weighted by atomic mass is 31.1. The summed E-state index contributed by atoms with van der Waals surface area (Å²) in [4.78, 5) is 0. The van der Waals surface area contributed by atoms with E-state index in [2.05, 4.69) is 4.52 Å². The van der Waals surface area contributed by atoms with Gasteiger partial charge in [-0.15, -0.1) is 4.52 Å². The van der Waals surface area contributed by atoms with Crippen LogP contribution in [-0.2, 0) is 15.3 Å². The van der Waals surface area contributed by atoms with E-state index < -0.39 is 8.03 Å². The second-order valence-electron chi connectivity index (χ2n) is 2.42. The molecule has 1 aromatic carbocycles. The molecule has 1 aromatic rings. The Bertz CT molecular complexity index is 271. The van der Waals surface area contributed by atoms with Crippen molar-refractivity contribution >= 4 is 13.7 Å². The lowest BCUT2D eigenvalue weighted by molar-refractivity contribution is 0.414. The van der Waals surface area contributed by atoms with Gasteiger partial charge in [0.1, 0.15) is 0 Å². The predicted molar refractivity (Wildman–Crippen MR) is 49.2 cm³/mol. The maximum absolute atomic E-state index is 11.0. The molecule has 0 radical (unpaired) electrons. The van der Waals surface area contributed by atoms with Crippen LogP contribution in [0.3, 0.4) is 0 Å². The number of anilines is 1. The molecule has 12 heavy (non-hydrogen) atoms. The van der Waals surface area contributed by atoms with E-state index in [9.17, 15) is 4.57 Å². The smallest absolute Gasteiger partial charge is 0.399 e. The first-order valence-corrected chi connectivity index (χ1v) is 4.92. The van der Waals surface area contributed by atoms with Crippen molar-refractivity contribution in [2.24, 2.45) is 0 Å². The molecule has 64 valence electrons. The SMILES string of the molecule is CO[P+](=O)Cc1ccc(N)cc1. The molecule has 0 aromatic heterocycles. The van der Waals surface area contributed by atoms with E-state index >= 15 is 0 Å². The van der Waals surface area contributed by atoms with Gasteiger partial charge in [0.25, 0.3) is 0 Å². The molecule has 0 aliphatic heterocycles. The van der Waals surface area contributed by atoms with Crippen molar-refractivity contribution in [3.63, 3.8) is 0 Å². The van der Waals surface area contributed by atoms with Crippen molar-refractivity contribution in [2.75, 3.05) is 12.8 Å². The molecule has 0 aliphatic carbocycles. The van der Waals surface area contributed by atoms with Crippen LogP contribution in [0.25, 0.3) is 0 Å². The molecule has 1 rings (SSSR count). The number of rotatable bonds is 3. The highest BCUT2D eigenvalue weighted by Gasteiger charge is 2.14. The van der Waals surface area contributed by atoms with Crippen molar-refractivity contribution in [3.05, 3.63) is 29.8 Å². The molecule has 1 unspecified atom stereocenters. The summed E-state index contributed by atoms with van der Waals surface area (Å²) >= 11 is 0. The topological polar surface area (TPSA) is 52.3 Å². The molecular formula is C8H11NO2P+. The Morgan fingerprint density at radius 3 is 2.50 bits per heavy atom. The van der Waals surface area contributed by atoms with Gasteiger partial charge in [0.2, 0.25) is 6.16 Å². The summed E-state index contributed by atoms with van der Waals surface area (Å²) in [6.07, 6.45) is 0.451. The highest BCUT2D eigenvalue weighted by molar-refractivity contribution is 7.38. The minimum atomic E-state index is -1.56. The quantitative estimate of drug-likeness (QED) is 0.578. The fourth-order valence-corrected chi connectivity index (χ4v) is 1.47. The van der Waals surface area contributed by atoms with Crippen molar-refractivity contribution < 1.29 is 9.09 Å². The molecule has 0 aliphatic rings. The van der Waals surface area contributed by atoms with Crippen LogP contribution in [0.15, 0.2) is 24.3 Å². The maximum atomic E-state index is 11.0. The Hall–Kier alpha value is -0.920. The molecular weight excluding hydrogens is 173 g/mol. The van der Waals surface area contributed by atoms with E-state index in [0.29, 0.717) is 11.8 Å². The lowest BCUT2D eigenvalue weighted by Crippen LogP contribution is -1.85. The van der Waals surface area contributed by atoms with Crippen LogP contribution in [0.4, 0.5) is 5.69 Å². The van der Waals surface area contributed by atoms with Crippen LogP contribution < -0.4 is 5.73 Å². The van der Waals surface area contributed by atoms with Gasteiger partial charge in [-0.2, -0.15) is 0 Å². The zero-order chi connectivity index (χ0) is 8.97. The van der Waals surface area contributed by atoms with Crippen LogP contribution in [-0.4, -0.2) is 7.11 Å². The molecule has 4 heteroatoms. The Labute approximate surface area is 72.4 Å². The third-order valence-corrected chi connectivity index (χ3v) is 2.53. The Morgan fingerprint density at radius 2 is 2.00 bits per heavy atom. The van der Waals surface area contributed by atoms with E-state index in [0.717, 1.165) is 5.56 Å². The minimum absolute atomic E-state index is 0.451. The first-order valence-electron chi connectivity index (χ1n) is 3.55. The lowest BCUT2D eigenvalue weighted by atomic mass is 10.2. The normalized spacial score (nSPS) is 11.2. The molecule has 0 heterocycles. The van der Waals surface area contributed by atoms with Crippen LogP contribution in [0.1, 0.15) is 5.56 Å². The molecule has 0 spiro atoms. The van der Waals surface area contributed by atoms with Gasteiger partial charge in [0.15, 0.2) is 0 Å². The van der Waals surface area contributed by atoms with Gasteiger partial charge in [0, 0.05) is 11.3 Å². The molecule has 0 amide bonds. The van der Waals surface area contributed by atoms with Crippen LogP contribution >= 0.6 is 8.03 Å². The number of nitrogens with two attached hydrogens (primary N) is 1. The molecule has 3 nitrogen and oxygen atoms in total. The van der Waals surface area contributed by atoms with E-state index in [1.807, 2.05) is 12.1 Å². The summed E-state index contributed by atoms with van der Waals surface area (Å²) in [5.74, 6) is 0. The Kier molecular flexibility index (Phi) is 3.20. The average Bonchev–Trinajstić information content (AvgIpc) is 2.09. The molecule has 2 N–H and O–H groups in total. The Morgan fingerprint density at radius 1 is 1.42 bits per heavy atom. The zero-order valence-electron chi connectivity index (χ0n) is 6.86. The van der Waals surface area contributed by atoms with E-state index in [1.54, 1.807) is 12.1 Å². The number of benzene rings is 1. The van der Waals surface area contributed by atoms with Gasteiger partial charge in [0.05, 0.1) is 7.11 Å². The fraction of sp³-hybridized carbons (Fsp3) is 0.250. The van der Waals surface area contributed by atoms with E-state index in [1.165, 1.54) is 7.11 Å². The summed E-state index contributed by atoms with van der Waals surface area (Å²) in [6.45, 7) is 0. The average molecular weight is 184 g/mol. The van der Waals surface area contributed by atoms with Gasteiger partial charge >= 0.3 is 8.03 Å². The molecule has 0 saturated heterocycles. The number of nitrogen functional groups attached to an aromatic ring is 1. The lowest BCUT2D eigenvalue weighted by Gasteiger charge is -1.92. The Balaban J connectivity index is 2.64. The summed E-state index contributed by atoms with van der Waals surface area (Å²) in [5, 5.41) is 0. The second kappa shape index (κ2) is 4.19. The minimum Gasteiger partial charge on any atom is -0.399 e. The van der Waals surface area contributed by atoms with Gasteiger partial charge in [-0.25, -0.2) is 0 Å². The van der Waals surface area contributed by atoms with E-state index in [-0.39, 0.29) is 0 Å². The maximum Gasteiger partial charge on any atom is 0.512 e. The van der Waals surface area contributed by atoms with Crippen LogP contribution in [0.5, 0.6) is 0 Å². The number of hydrogen-bond donors (Lipinski definition) is 1. The first kappa shape index (κ1) is 9.17. The van der Waals surface area contributed by atoms with Crippen molar-refractivity contribution in [1.29, 1.82) is 0 Å². The predicted octanol–water partition coefficient (Wildman–Crippen LogP) is 2.16. The van der Waals surface area contributed by atoms with Crippen molar-refractivity contribution in [2.45, 2.75) is 6.16 Å². The first-order chi connectivity index (χ1) is 5.72. The summed E-state index contributed by atoms with van der Waals surface area (Å²) in [7, 11) is -0.115. The fourth-order valence-electron chi connectivity index (χ4n) is 0.837. The van der Waals surface area contributed by atoms with Gasteiger partial charge in [-0.05, 0) is 16.7 Å². The summed E-state index contributed by atoms with van der Waals surface area (Å²) in [6, 6.07) is 7.27. The van der Waals surface area contributed by atoms with Crippen molar-refractivity contribution in [1.82, 2.24) is 0 Å².